The zero-order valence-electron chi connectivity index (χ0n) is 19.3. The molecule has 5 nitrogen and oxygen atoms in total. The Morgan fingerprint density at radius 1 is 0.886 bits per heavy atom. The van der Waals surface area contributed by atoms with E-state index < -0.39 is 5.97 Å². The van der Waals surface area contributed by atoms with Gasteiger partial charge in [0.1, 0.15) is 5.75 Å². The maximum absolute atomic E-state index is 13.3. The van der Waals surface area contributed by atoms with E-state index in [1.165, 1.54) is 11.9 Å². The van der Waals surface area contributed by atoms with E-state index in [2.05, 4.69) is 0 Å². The summed E-state index contributed by atoms with van der Waals surface area (Å²) >= 11 is 0. The van der Waals surface area contributed by atoms with E-state index >= 15 is 0 Å². The lowest BCUT2D eigenvalue weighted by molar-refractivity contribution is -0.132. The first-order valence-electron chi connectivity index (χ1n) is 11.5. The molecule has 0 spiro atoms. The third kappa shape index (κ3) is 4.75. The molecule has 0 radical (unpaired) electrons. The van der Waals surface area contributed by atoms with Crippen LogP contribution in [-0.2, 0) is 9.59 Å². The molecule has 4 aromatic rings. The Morgan fingerprint density at radius 3 is 2.31 bits per heavy atom. The van der Waals surface area contributed by atoms with Crippen LogP contribution in [0.25, 0.3) is 16.8 Å². The van der Waals surface area contributed by atoms with Crippen molar-refractivity contribution >= 4 is 34.4 Å². The van der Waals surface area contributed by atoms with E-state index in [1.54, 1.807) is 12.2 Å². The van der Waals surface area contributed by atoms with E-state index in [0.717, 1.165) is 21.9 Å². The number of nitrogens with zero attached hydrogens (tertiary/aromatic N) is 2. The summed E-state index contributed by atoms with van der Waals surface area (Å²) in [6, 6.07) is 30.9. The topological polar surface area (TPSA) is 59.0 Å². The van der Waals surface area contributed by atoms with Crippen molar-refractivity contribution in [3.63, 3.8) is 0 Å². The maximum Gasteiger partial charge on any atom is 0.308 e. The van der Waals surface area contributed by atoms with E-state index in [9.17, 15) is 9.59 Å². The van der Waals surface area contributed by atoms with Gasteiger partial charge in [0.05, 0.1) is 11.8 Å². The van der Waals surface area contributed by atoms with E-state index in [0.29, 0.717) is 23.4 Å². The molecule has 0 aliphatic carbocycles. The maximum atomic E-state index is 13.3. The van der Waals surface area contributed by atoms with Crippen LogP contribution in [0.2, 0.25) is 0 Å². The van der Waals surface area contributed by atoms with Gasteiger partial charge in [-0.2, -0.15) is 5.10 Å². The Kier molecular flexibility index (Phi) is 6.22. The van der Waals surface area contributed by atoms with Crippen molar-refractivity contribution in [1.82, 2.24) is 5.01 Å². The third-order valence-electron chi connectivity index (χ3n) is 5.97. The van der Waals surface area contributed by atoms with Gasteiger partial charge in [0.2, 0.25) is 0 Å². The van der Waals surface area contributed by atoms with Gasteiger partial charge in [-0.3, -0.25) is 9.59 Å². The molecule has 5 rings (SSSR count). The van der Waals surface area contributed by atoms with Crippen LogP contribution >= 0.6 is 0 Å². The Bertz CT molecular complexity index is 1440. The summed E-state index contributed by atoms with van der Waals surface area (Å²) in [4.78, 5) is 25.3. The van der Waals surface area contributed by atoms with E-state index in [-0.39, 0.29) is 11.9 Å². The van der Waals surface area contributed by atoms with Crippen LogP contribution in [0.3, 0.4) is 0 Å². The molecule has 0 aromatic heterocycles. The van der Waals surface area contributed by atoms with Crippen molar-refractivity contribution in [1.29, 1.82) is 0 Å². The molecule has 172 valence electrons. The monoisotopic (exact) mass is 460 g/mol. The van der Waals surface area contributed by atoms with Gasteiger partial charge in [-0.15, -0.1) is 0 Å². The van der Waals surface area contributed by atoms with Crippen molar-refractivity contribution in [3.8, 4) is 5.75 Å². The zero-order valence-corrected chi connectivity index (χ0v) is 19.3. The number of hydrazone groups is 1. The van der Waals surface area contributed by atoms with Gasteiger partial charge in [0.25, 0.3) is 5.91 Å². The number of ether oxygens (including phenoxy) is 1. The highest BCUT2D eigenvalue weighted by molar-refractivity contribution is 6.10. The van der Waals surface area contributed by atoms with Crippen LogP contribution in [0.4, 0.5) is 0 Å². The molecule has 1 aliphatic heterocycles. The minimum atomic E-state index is -0.403. The molecule has 0 fully saturated rings. The average molecular weight is 461 g/mol. The van der Waals surface area contributed by atoms with Gasteiger partial charge in [-0.05, 0) is 28.7 Å². The quantitative estimate of drug-likeness (QED) is 0.204. The van der Waals surface area contributed by atoms with Crippen LogP contribution in [0.5, 0.6) is 5.75 Å². The van der Waals surface area contributed by atoms with E-state index in [4.69, 9.17) is 9.84 Å². The normalized spacial score (nSPS) is 15.4. The number of benzene rings is 4. The second kappa shape index (κ2) is 9.77. The number of carbonyl (C=O) groups is 2. The van der Waals surface area contributed by atoms with Gasteiger partial charge >= 0.3 is 5.97 Å². The SMILES string of the molecule is CC(=O)Oc1c(C2=NN(C(=O)/C=C/c3ccccc3)[C@@H](c3ccccc3)C2)ccc2ccccc12. The Balaban J connectivity index is 1.57. The molecule has 0 bridgehead atoms. The highest BCUT2D eigenvalue weighted by Crippen LogP contribution is 2.38. The van der Waals surface area contributed by atoms with Gasteiger partial charge in [0, 0.05) is 30.4 Å². The lowest BCUT2D eigenvalue weighted by atomic mass is 9.96. The first kappa shape index (κ1) is 22.3. The largest absolute Gasteiger partial charge is 0.425 e. The van der Waals surface area contributed by atoms with Crippen molar-refractivity contribution in [2.75, 3.05) is 0 Å². The van der Waals surface area contributed by atoms with Crippen LogP contribution < -0.4 is 4.74 Å². The summed E-state index contributed by atoms with van der Waals surface area (Å²) in [7, 11) is 0. The molecule has 4 aromatic carbocycles. The number of hydrogen-bond acceptors (Lipinski definition) is 4. The Morgan fingerprint density at radius 2 is 1.57 bits per heavy atom. The van der Waals surface area contributed by atoms with Crippen LogP contribution in [0.15, 0.2) is 108 Å². The molecular weight excluding hydrogens is 436 g/mol. The van der Waals surface area contributed by atoms with Gasteiger partial charge < -0.3 is 4.74 Å². The smallest absolute Gasteiger partial charge is 0.308 e. The molecule has 5 heteroatoms. The molecule has 1 amide bonds. The predicted molar refractivity (Wildman–Crippen MR) is 138 cm³/mol. The standard InChI is InChI=1S/C30H24N2O3/c1-21(33)35-30-25-15-9-8-12-23(25)17-18-26(30)27-20-28(24-13-6-3-7-14-24)32(31-27)29(34)19-16-22-10-4-2-5-11-22/h2-19,28H,20H2,1H3/b19-16+/t28-/m1/s1. The van der Waals surface area contributed by atoms with Gasteiger partial charge in [-0.1, -0.05) is 91.0 Å². The molecule has 0 unspecified atom stereocenters. The third-order valence-corrected chi connectivity index (χ3v) is 5.97. The lowest BCUT2D eigenvalue weighted by Gasteiger charge is -2.20. The van der Waals surface area contributed by atoms with Crippen molar-refractivity contribution in [2.45, 2.75) is 19.4 Å². The lowest BCUT2D eigenvalue weighted by Crippen LogP contribution is -2.25. The zero-order chi connectivity index (χ0) is 24.2. The molecule has 1 heterocycles. The number of esters is 1. The molecule has 35 heavy (non-hydrogen) atoms. The van der Waals surface area contributed by atoms with Crippen molar-refractivity contribution in [3.05, 3.63) is 120 Å². The molecule has 0 saturated heterocycles. The van der Waals surface area contributed by atoms with Crippen molar-refractivity contribution < 1.29 is 14.3 Å². The summed E-state index contributed by atoms with van der Waals surface area (Å²) in [6.07, 6.45) is 3.84. The summed E-state index contributed by atoms with van der Waals surface area (Å²) < 4.78 is 5.68. The molecule has 0 saturated carbocycles. The Labute approximate surface area is 204 Å². The molecular formula is C30H24N2O3. The second-order valence-electron chi connectivity index (χ2n) is 8.36. The summed E-state index contributed by atoms with van der Waals surface area (Å²) in [5.74, 6) is -0.151. The Hall–Kier alpha value is -4.51. The number of rotatable bonds is 5. The summed E-state index contributed by atoms with van der Waals surface area (Å²) in [5.41, 5.74) is 3.33. The molecule has 1 aliphatic rings. The predicted octanol–water partition coefficient (Wildman–Crippen LogP) is 6.16. The summed E-state index contributed by atoms with van der Waals surface area (Å²) in [6.45, 7) is 1.39. The number of carbonyl (C=O) groups excluding carboxylic acids is 2. The van der Waals surface area contributed by atoms with Crippen LogP contribution in [-0.4, -0.2) is 22.6 Å². The average Bonchev–Trinajstić information content (AvgIpc) is 3.34. The number of amides is 1. The first-order valence-corrected chi connectivity index (χ1v) is 11.5. The van der Waals surface area contributed by atoms with Crippen LogP contribution in [0, 0.1) is 0 Å². The minimum Gasteiger partial charge on any atom is -0.425 e. The van der Waals surface area contributed by atoms with Crippen molar-refractivity contribution in [2.24, 2.45) is 5.10 Å². The van der Waals surface area contributed by atoms with Gasteiger partial charge in [-0.25, -0.2) is 5.01 Å². The first-order chi connectivity index (χ1) is 17.1. The molecule has 1 atom stereocenters. The fourth-order valence-corrected chi connectivity index (χ4v) is 4.34. The summed E-state index contributed by atoms with van der Waals surface area (Å²) in [5, 5.41) is 8.07. The fourth-order valence-electron chi connectivity index (χ4n) is 4.34. The van der Waals surface area contributed by atoms with Gasteiger partial charge in [0.15, 0.2) is 0 Å². The fraction of sp³-hybridized carbons (Fsp3) is 0.100. The minimum absolute atomic E-state index is 0.215. The highest BCUT2D eigenvalue weighted by Gasteiger charge is 2.33. The molecule has 0 N–H and O–H groups in total. The second-order valence-corrected chi connectivity index (χ2v) is 8.36. The number of fused-ring (bicyclic) bond motifs is 1. The van der Waals surface area contributed by atoms with E-state index in [1.807, 2.05) is 97.1 Å². The highest BCUT2D eigenvalue weighted by atomic mass is 16.5. The van der Waals surface area contributed by atoms with Crippen LogP contribution in [0.1, 0.15) is 36.1 Å². The number of hydrogen-bond donors (Lipinski definition) is 0.